The van der Waals surface area contributed by atoms with E-state index in [1.165, 1.54) is 74.1 Å². The van der Waals surface area contributed by atoms with Crippen LogP contribution in [0.25, 0.3) is 5.69 Å². The Kier molecular flexibility index (Phi) is 4.24. The number of imidazole rings is 1. The second-order valence-corrected chi connectivity index (χ2v) is 7.93. The van der Waals surface area contributed by atoms with Crippen LogP contribution in [0.5, 0.6) is 0 Å². The van der Waals surface area contributed by atoms with Crippen molar-refractivity contribution in [3.8, 4) is 5.69 Å². The quantitative estimate of drug-likeness (QED) is 0.663. The molecule has 1 aromatic heterocycles. The molecule has 0 amide bonds. The van der Waals surface area contributed by atoms with Crippen molar-refractivity contribution in [2.24, 2.45) is 0 Å². The van der Waals surface area contributed by atoms with Crippen LogP contribution in [0.3, 0.4) is 0 Å². The van der Waals surface area contributed by atoms with Crippen molar-refractivity contribution in [3.05, 3.63) is 47.0 Å². The largest absolute Gasteiger partial charge is 0.259 e. The third-order valence-corrected chi connectivity index (χ3v) is 6.43. The first kappa shape index (κ1) is 15.9. The molecule has 2 heteroatoms. The zero-order chi connectivity index (χ0) is 16.7. The number of hydrogen-bond acceptors (Lipinski definition) is 0. The highest BCUT2D eigenvalue weighted by atomic mass is 15.2. The summed E-state index contributed by atoms with van der Waals surface area (Å²) >= 11 is 0. The summed E-state index contributed by atoms with van der Waals surface area (Å²) in [5, 5.41) is 0. The van der Waals surface area contributed by atoms with Gasteiger partial charge in [-0.3, -0.25) is 0 Å². The molecule has 4 rings (SSSR count). The normalized spacial score (nSPS) is 19.5. The molecule has 24 heavy (non-hydrogen) atoms. The Balaban J connectivity index is 1.91. The molecule has 2 aliphatic carbocycles. The highest BCUT2D eigenvalue weighted by Gasteiger charge is 2.37. The van der Waals surface area contributed by atoms with Gasteiger partial charge in [0.15, 0.2) is 0 Å². The van der Waals surface area contributed by atoms with E-state index in [4.69, 9.17) is 0 Å². The molecule has 0 atom stereocenters. The Bertz CT molecular complexity index is 689. The Morgan fingerprint density at radius 2 is 1.50 bits per heavy atom. The molecule has 1 aromatic carbocycles. The number of benzene rings is 1. The van der Waals surface area contributed by atoms with E-state index in [-0.39, 0.29) is 0 Å². The van der Waals surface area contributed by atoms with Crippen LogP contribution in [-0.2, 0) is 0 Å². The second-order valence-electron chi connectivity index (χ2n) is 7.93. The van der Waals surface area contributed by atoms with Gasteiger partial charge in [0, 0.05) is 19.8 Å². The van der Waals surface area contributed by atoms with Crippen molar-refractivity contribution < 1.29 is 4.57 Å². The summed E-state index contributed by atoms with van der Waals surface area (Å²) in [6.07, 6.45) is 11.1. The minimum Gasteiger partial charge on any atom is -0.228 e. The van der Waals surface area contributed by atoms with Crippen LogP contribution in [0.15, 0.2) is 24.3 Å². The third-order valence-electron chi connectivity index (χ3n) is 6.43. The molecule has 128 valence electrons. The predicted octanol–water partition coefficient (Wildman–Crippen LogP) is 5.46. The molecule has 0 saturated heterocycles. The maximum atomic E-state index is 2.75. The van der Waals surface area contributed by atoms with Gasteiger partial charge in [0.2, 0.25) is 0 Å². The number of nitrogens with zero attached hydrogens (tertiary/aromatic N) is 2. The van der Waals surface area contributed by atoms with E-state index >= 15 is 0 Å². The summed E-state index contributed by atoms with van der Waals surface area (Å²) in [5.74, 6) is 2.21. The zero-order valence-electron chi connectivity index (χ0n) is 15.5. The zero-order valence-corrected chi connectivity index (χ0v) is 15.5. The number of rotatable bonds is 3. The van der Waals surface area contributed by atoms with E-state index in [0.717, 1.165) is 12.0 Å². The van der Waals surface area contributed by atoms with Crippen LogP contribution < -0.4 is 4.57 Å². The molecule has 0 unspecified atom stereocenters. The van der Waals surface area contributed by atoms with Crippen LogP contribution >= 0.6 is 0 Å². The van der Waals surface area contributed by atoms with Crippen LogP contribution in [0.1, 0.15) is 86.1 Å². The van der Waals surface area contributed by atoms with Gasteiger partial charge in [0.05, 0.1) is 0 Å². The van der Waals surface area contributed by atoms with Crippen molar-refractivity contribution in [2.75, 3.05) is 0 Å². The third kappa shape index (κ3) is 2.51. The van der Waals surface area contributed by atoms with E-state index in [0.29, 0.717) is 0 Å². The SMILES string of the molecule is Cc1ccccc1-n1c(C)c(C2CCCC2)[n+](C2CCCC2)c1C. The van der Waals surface area contributed by atoms with Gasteiger partial charge < -0.3 is 0 Å². The molecule has 2 nitrogen and oxygen atoms in total. The van der Waals surface area contributed by atoms with E-state index in [1.807, 2.05) is 0 Å². The van der Waals surface area contributed by atoms with Gasteiger partial charge in [-0.1, -0.05) is 31.0 Å². The predicted molar refractivity (Wildman–Crippen MR) is 98.9 cm³/mol. The van der Waals surface area contributed by atoms with Crippen molar-refractivity contribution in [3.63, 3.8) is 0 Å². The number of aromatic nitrogens is 2. The highest BCUT2D eigenvalue weighted by Crippen LogP contribution is 2.38. The maximum Gasteiger partial charge on any atom is 0.259 e. The van der Waals surface area contributed by atoms with Crippen molar-refractivity contribution >= 4 is 0 Å². The number of para-hydroxylation sites is 1. The summed E-state index contributed by atoms with van der Waals surface area (Å²) in [4.78, 5) is 0. The Morgan fingerprint density at radius 1 is 0.875 bits per heavy atom. The molecule has 2 saturated carbocycles. The lowest BCUT2D eigenvalue weighted by molar-refractivity contribution is -0.734. The second kappa shape index (κ2) is 6.38. The smallest absolute Gasteiger partial charge is 0.228 e. The molecular formula is C22H31N2+. The monoisotopic (exact) mass is 323 g/mol. The Labute approximate surface area is 146 Å². The number of hydrogen-bond donors (Lipinski definition) is 0. The summed E-state index contributed by atoms with van der Waals surface area (Å²) in [6.45, 7) is 6.94. The van der Waals surface area contributed by atoms with Gasteiger partial charge in [0.1, 0.15) is 23.1 Å². The lowest BCUT2D eigenvalue weighted by Gasteiger charge is -2.14. The minimum atomic E-state index is 0.726. The first-order valence-corrected chi connectivity index (χ1v) is 9.88. The molecule has 0 radical (unpaired) electrons. The molecule has 0 aliphatic heterocycles. The van der Waals surface area contributed by atoms with Crippen molar-refractivity contribution in [2.45, 2.75) is 84.1 Å². The lowest BCUT2D eigenvalue weighted by atomic mass is 10.0. The Morgan fingerprint density at radius 3 is 2.17 bits per heavy atom. The fourth-order valence-electron chi connectivity index (χ4n) is 5.30. The van der Waals surface area contributed by atoms with Gasteiger partial charge in [-0.05, 0) is 57.1 Å². The molecule has 0 spiro atoms. The van der Waals surface area contributed by atoms with Gasteiger partial charge in [0.25, 0.3) is 5.82 Å². The molecule has 2 aromatic rings. The van der Waals surface area contributed by atoms with Crippen molar-refractivity contribution in [1.82, 2.24) is 4.57 Å². The van der Waals surface area contributed by atoms with Gasteiger partial charge in [-0.2, -0.15) is 4.57 Å². The summed E-state index contributed by atoms with van der Waals surface area (Å²) in [5.41, 5.74) is 5.87. The average Bonchev–Trinajstić information content (AvgIpc) is 3.30. The topological polar surface area (TPSA) is 8.81 Å². The fraction of sp³-hybridized carbons (Fsp3) is 0.591. The van der Waals surface area contributed by atoms with Crippen LogP contribution in [0.4, 0.5) is 0 Å². The summed E-state index contributed by atoms with van der Waals surface area (Å²) in [7, 11) is 0. The first-order chi connectivity index (χ1) is 11.7. The standard InChI is InChI=1S/C22H31N2/c1-16-10-4-9-15-21(16)23-17(2)22(19-11-5-6-12-19)24(18(23)3)20-13-7-8-14-20/h4,9-10,15,19-20H,5-8,11-14H2,1-3H3/q+1. The highest BCUT2D eigenvalue weighted by molar-refractivity contribution is 5.43. The average molecular weight is 324 g/mol. The molecule has 0 bridgehead atoms. The summed E-state index contributed by atoms with van der Waals surface area (Å²) in [6, 6.07) is 9.58. The van der Waals surface area contributed by atoms with Gasteiger partial charge in [-0.25, -0.2) is 4.57 Å². The van der Waals surface area contributed by atoms with E-state index in [1.54, 1.807) is 5.69 Å². The van der Waals surface area contributed by atoms with Gasteiger partial charge in [-0.15, -0.1) is 0 Å². The summed E-state index contributed by atoms with van der Waals surface area (Å²) < 4.78 is 5.30. The Hall–Kier alpha value is -1.57. The lowest BCUT2D eigenvalue weighted by Crippen LogP contribution is -2.44. The van der Waals surface area contributed by atoms with Gasteiger partial charge >= 0.3 is 0 Å². The first-order valence-electron chi connectivity index (χ1n) is 9.88. The van der Waals surface area contributed by atoms with E-state index < -0.39 is 0 Å². The molecule has 0 N–H and O–H groups in total. The molecule has 1 heterocycles. The van der Waals surface area contributed by atoms with Crippen LogP contribution in [0.2, 0.25) is 0 Å². The van der Waals surface area contributed by atoms with E-state index in [2.05, 4.69) is 54.2 Å². The van der Waals surface area contributed by atoms with Crippen molar-refractivity contribution in [1.29, 1.82) is 0 Å². The fourth-order valence-corrected chi connectivity index (χ4v) is 5.30. The minimum absolute atomic E-state index is 0.726. The maximum absolute atomic E-state index is 2.75. The van der Waals surface area contributed by atoms with Crippen LogP contribution in [-0.4, -0.2) is 4.57 Å². The molecule has 2 fully saturated rings. The van der Waals surface area contributed by atoms with E-state index in [9.17, 15) is 0 Å². The molecular weight excluding hydrogens is 292 g/mol. The molecule has 2 aliphatic rings. The number of aryl methyl sites for hydroxylation is 1. The van der Waals surface area contributed by atoms with Crippen LogP contribution in [0, 0.1) is 20.8 Å².